The van der Waals surface area contributed by atoms with Gasteiger partial charge in [0.15, 0.2) is 31.5 Å². The third-order valence-electron chi connectivity index (χ3n) is 20.8. The van der Waals surface area contributed by atoms with Crippen molar-refractivity contribution >= 4 is 5.97 Å². The number of aliphatic hydroxyl groups excluding tert-OH is 6. The molecule has 31 atom stereocenters. The van der Waals surface area contributed by atoms with E-state index in [9.17, 15) is 50.8 Å². The van der Waals surface area contributed by atoms with Crippen molar-refractivity contribution < 1.29 is 122 Å². The summed E-state index contributed by atoms with van der Waals surface area (Å²) in [6, 6.07) is 0. The molecule has 0 bridgehead atoms. The first kappa shape index (κ1) is 64.8. The van der Waals surface area contributed by atoms with Gasteiger partial charge in [0, 0.05) is 60.5 Å². The lowest BCUT2D eigenvalue weighted by Crippen LogP contribution is -2.78. The molecule has 0 unspecified atom stereocenters. The van der Waals surface area contributed by atoms with Crippen LogP contribution in [0.2, 0.25) is 0 Å². The summed E-state index contributed by atoms with van der Waals surface area (Å²) in [6.45, 7) is 13.1. The summed E-state index contributed by atoms with van der Waals surface area (Å²) in [4.78, 5) is 12.6. The highest BCUT2D eigenvalue weighted by atomic mass is 16.8. The number of hydrogen-bond acceptors (Lipinski definition) is 25. The number of ether oxygens (including phenoxy) is 15. The zero-order valence-corrected chi connectivity index (χ0v) is 49.4. The minimum atomic E-state index is -1.87. The first-order valence-corrected chi connectivity index (χ1v) is 29.4. The standard InChI is InChI=1S/C57H94O25/c1-25-46(33(68-9)20-39(72-25)77-32-14-15-53(7)31(19-32)13-16-56(66)37(53)23-38(76-30(6)60)54(8)55(65,29(5)59)17-18-57(54,56)67)79-40-21-34(69-10)47(26(2)73-40)80-41-22-35(70-11)48(27(3)74-41)81-52-45(64)50(71-12)49(28(4)75-52)82-51-44(63)43(62)42(61)36(24-58)78-51/h13,25-29,32-52,58-59,61-67H,14-24H2,1-12H3/t25-,26-,27-,28-,29+,32+,33+,34-,35-,36-,37-,38-,39+,40+,41+,42-,43+,44-,45-,46-,47-,48-,49-,50+,51+,52+,53+,54-,55-,56+,57-/m1/s1. The van der Waals surface area contributed by atoms with Crippen molar-refractivity contribution in [3.05, 3.63) is 11.6 Å². The molecule has 3 saturated carbocycles. The van der Waals surface area contributed by atoms with Crippen molar-refractivity contribution in [2.75, 3.05) is 35.0 Å². The predicted octanol–water partition coefficient (Wildman–Crippen LogP) is 0.129. The molecule has 8 fully saturated rings. The molecular weight excluding hydrogens is 1080 g/mol. The molecule has 9 rings (SSSR count). The number of methoxy groups -OCH3 is 4. The minimum Gasteiger partial charge on any atom is -0.462 e. The summed E-state index contributed by atoms with van der Waals surface area (Å²) in [5.74, 6) is -1.10. The average Bonchev–Trinajstić information content (AvgIpc) is 3.91. The van der Waals surface area contributed by atoms with Crippen LogP contribution >= 0.6 is 0 Å². The topological polar surface area (TPSA) is 338 Å². The molecule has 0 spiro atoms. The minimum absolute atomic E-state index is 0.0226. The molecule has 0 aromatic heterocycles. The van der Waals surface area contributed by atoms with Crippen molar-refractivity contribution in [1.29, 1.82) is 0 Å². The number of fused-ring (bicyclic) bond motifs is 5. The number of aliphatic hydroxyl groups is 9. The molecule has 0 amide bonds. The van der Waals surface area contributed by atoms with Crippen LogP contribution in [0.1, 0.15) is 120 Å². The fourth-order valence-electron chi connectivity index (χ4n) is 16.0. The zero-order chi connectivity index (χ0) is 59.8. The fourth-order valence-corrected chi connectivity index (χ4v) is 16.0. The molecule has 0 aromatic carbocycles. The van der Waals surface area contributed by atoms with Crippen LogP contribution in [0.25, 0.3) is 0 Å². The van der Waals surface area contributed by atoms with Crippen molar-refractivity contribution in [1.82, 2.24) is 0 Å². The SMILES string of the molecule is CO[C@H]1[C@@H](O)[C@H](O[C@@H]2[C@@H](C)O[C@@H](O[C@@H]3[C@@H](C)O[C@@H](O[C@H]4[C@@H](OC)C[C@H](O[C@H]5CC[C@@]6(C)C(=CC[C@]7(O)[C@@H]6C[C@@H](OC(C)=O)[C@@]6(C)[C@]7(O)CC[C@@]6(O)[C@H](C)O)C5)O[C@@H]4C)C[C@H]3OC)C[C@H]2OC)O[C@H](C)[C@H]1O[C@@H]1O[C@H](CO)[C@@H](O)[C@H](O)[C@H]1O. The van der Waals surface area contributed by atoms with Gasteiger partial charge < -0.3 is 117 Å². The second kappa shape index (κ2) is 25.0. The highest BCUT2D eigenvalue weighted by molar-refractivity contribution is 5.66. The third-order valence-corrected chi connectivity index (χ3v) is 20.8. The molecule has 4 aliphatic carbocycles. The van der Waals surface area contributed by atoms with E-state index in [-0.39, 0.29) is 38.2 Å². The first-order chi connectivity index (χ1) is 38.7. The van der Waals surface area contributed by atoms with Gasteiger partial charge in [-0.25, -0.2) is 0 Å². The highest BCUT2D eigenvalue weighted by Crippen LogP contribution is 2.71. The second-order valence-corrected chi connectivity index (χ2v) is 25.2. The molecule has 9 N–H and O–H groups in total. The van der Waals surface area contributed by atoms with Crippen molar-refractivity contribution in [2.24, 2.45) is 16.7 Å². The predicted molar refractivity (Wildman–Crippen MR) is 281 cm³/mol. The summed E-state index contributed by atoms with van der Waals surface area (Å²) < 4.78 is 93.0. The Labute approximate surface area is 479 Å². The summed E-state index contributed by atoms with van der Waals surface area (Å²) in [5, 5.41) is 101. The fraction of sp³-hybridized carbons (Fsp3) is 0.947. The van der Waals surface area contributed by atoms with Gasteiger partial charge in [-0.2, -0.15) is 0 Å². The van der Waals surface area contributed by atoms with Crippen molar-refractivity contribution in [3.8, 4) is 0 Å². The van der Waals surface area contributed by atoms with E-state index in [1.807, 2.05) is 19.9 Å². The number of carbonyl (C=O) groups is 1. The van der Waals surface area contributed by atoms with Gasteiger partial charge in [0.25, 0.3) is 0 Å². The van der Waals surface area contributed by atoms with Crippen LogP contribution in [0, 0.1) is 16.7 Å². The number of rotatable bonds is 17. The lowest BCUT2D eigenvalue weighted by atomic mass is 9.42. The number of hydrogen-bond donors (Lipinski definition) is 9. The molecule has 9 aliphatic rings. The van der Waals surface area contributed by atoms with Gasteiger partial charge in [-0.1, -0.05) is 25.5 Å². The van der Waals surface area contributed by atoms with Gasteiger partial charge >= 0.3 is 5.97 Å². The molecule has 5 heterocycles. The van der Waals surface area contributed by atoms with E-state index in [2.05, 4.69) is 6.92 Å². The van der Waals surface area contributed by atoms with E-state index in [1.165, 1.54) is 28.1 Å². The maximum absolute atomic E-state index is 12.8. The van der Waals surface area contributed by atoms with Gasteiger partial charge in [0.2, 0.25) is 0 Å². The lowest BCUT2D eigenvalue weighted by molar-refractivity contribution is -0.374. The average molecular weight is 1180 g/mol. The van der Waals surface area contributed by atoms with Crippen LogP contribution < -0.4 is 0 Å². The second-order valence-electron chi connectivity index (χ2n) is 25.2. The normalized spacial score (nSPS) is 52.9. The largest absolute Gasteiger partial charge is 0.462 e. The van der Waals surface area contributed by atoms with Gasteiger partial charge in [-0.3, -0.25) is 4.79 Å². The van der Waals surface area contributed by atoms with Crippen LogP contribution in [-0.2, 0) is 75.8 Å². The molecule has 25 nitrogen and oxygen atoms in total. The maximum Gasteiger partial charge on any atom is 0.302 e. The Balaban J connectivity index is 0.774. The molecule has 5 aliphatic heterocycles. The summed E-state index contributed by atoms with van der Waals surface area (Å²) in [5.41, 5.74) is -6.43. The molecular formula is C57H94O25. The molecule has 5 saturated heterocycles. The van der Waals surface area contributed by atoms with Gasteiger partial charge in [-0.15, -0.1) is 0 Å². The third kappa shape index (κ3) is 11.2. The van der Waals surface area contributed by atoms with E-state index in [4.69, 9.17) is 71.1 Å². The van der Waals surface area contributed by atoms with Gasteiger partial charge in [0.1, 0.15) is 83.9 Å². The molecule has 25 heteroatoms. The lowest BCUT2D eigenvalue weighted by Gasteiger charge is -2.67. The Morgan fingerprint density at radius 1 is 0.634 bits per heavy atom. The Bertz CT molecular complexity index is 2190. The monoisotopic (exact) mass is 1180 g/mol. The van der Waals surface area contributed by atoms with E-state index >= 15 is 0 Å². The van der Waals surface area contributed by atoms with Crippen molar-refractivity contribution in [2.45, 2.75) is 290 Å². The maximum atomic E-state index is 12.8. The van der Waals surface area contributed by atoms with E-state index in [0.717, 1.165) is 5.57 Å². The number of carbonyl (C=O) groups excluding carboxylic acids is 1. The van der Waals surface area contributed by atoms with Crippen LogP contribution in [0.5, 0.6) is 0 Å². The van der Waals surface area contributed by atoms with E-state index in [1.54, 1.807) is 35.0 Å². The van der Waals surface area contributed by atoms with Crippen LogP contribution in [-0.4, -0.2) is 257 Å². The molecule has 472 valence electrons. The Hall–Kier alpha value is -1.71. The highest BCUT2D eigenvalue weighted by Gasteiger charge is 2.81. The van der Waals surface area contributed by atoms with E-state index < -0.39 is 194 Å². The van der Waals surface area contributed by atoms with Crippen LogP contribution in [0.4, 0.5) is 0 Å². The summed E-state index contributed by atoms with van der Waals surface area (Å²) in [6.07, 6.45) is -17.9. The molecule has 82 heavy (non-hydrogen) atoms. The van der Waals surface area contributed by atoms with Crippen LogP contribution in [0.3, 0.4) is 0 Å². The van der Waals surface area contributed by atoms with Crippen molar-refractivity contribution in [3.63, 3.8) is 0 Å². The van der Waals surface area contributed by atoms with Gasteiger partial charge in [-0.05, 0) is 85.0 Å². The quantitative estimate of drug-likeness (QED) is 0.0690. The summed E-state index contributed by atoms with van der Waals surface area (Å²) >= 11 is 0. The van der Waals surface area contributed by atoms with Crippen LogP contribution in [0.15, 0.2) is 11.6 Å². The summed E-state index contributed by atoms with van der Waals surface area (Å²) in [7, 11) is 6.11. The first-order valence-electron chi connectivity index (χ1n) is 29.4. The Morgan fingerprint density at radius 3 is 1.66 bits per heavy atom. The van der Waals surface area contributed by atoms with Gasteiger partial charge in [0.05, 0.1) is 67.0 Å². The van der Waals surface area contributed by atoms with E-state index in [0.29, 0.717) is 32.1 Å². The number of esters is 1. The molecule has 0 aromatic rings. The Kier molecular flexibility index (Phi) is 19.8. The zero-order valence-electron chi connectivity index (χ0n) is 49.4. The molecule has 0 radical (unpaired) electrons. The smallest absolute Gasteiger partial charge is 0.302 e. The Morgan fingerprint density at radius 2 is 1.15 bits per heavy atom.